The van der Waals surface area contributed by atoms with Gasteiger partial charge in [-0.1, -0.05) is 12.8 Å². The molecule has 0 bridgehead atoms. The monoisotopic (exact) mass is 260 g/mol. The van der Waals surface area contributed by atoms with Crippen LogP contribution in [0.2, 0.25) is 0 Å². The van der Waals surface area contributed by atoms with E-state index in [1.54, 1.807) is 0 Å². The van der Waals surface area contributed by atoms with E-state index >= 15 is 0 Å². The lowest BCUT2D eigenvalue weighted by Gasteiger charge is -2.33. The molecule has 100 valence electrons. The third kappa shape index (κ3) is 3.59. The summed E-state index contributed by atoms with van der Waals surface area (Å²) in [6.07, 6.45) is 7.04. The Morgan fingerprint density at radius 3 is 2.47 bits per heavy atom. The van der Waals surface area contributed by atoms with Crippen LogP contribution in [0.5, 0.6) is 0 Å². The molecule has 0 aromatic heterocycles. The van der Waals surface area contributed by atoms with Gasteiger partial charge in [-0.3, -0.25) is 4.79 Å². The Kier molecular flexibility index (Phi) is 5.74. The van der Waals surface area contributed by atoms with Gasteiger partial charge in [-0.15, -0.1) is 12.4 Å². The molecule has 2 rings (SSSR count). The summed E-state index contributed by atoms with van der Waals surface area (Å²) in [5.74, 6) is 0.655. The molecule has 1 aliphatic carbocycles. The van der Waals surface area contributed by atoms with Crippen LogP contribution in [0.15, 0.2) is 0 Å². The SMILES string of the molecule is C[C@H]1C[C@@H](C(=O)N(C)C2CCCC2)CCN1.Cl. The molecule has 0 spiro atoms. The number of carbonyl (C=O) groups excluding carboxylic acids is 1. The summed E-state index contributed by atoms with van der Waals surface area (Å²) in [7, 11) is 2.00. The topological polar surface area (TPSA) is 32.3 Å². The molecule has 0 unspecified atom stereocenters. The third-order valence-electron chi connectivity index (χ3n) is 4.19. The van der Waals surface area contributed by atoms with E-state index in [2.05, 4.69) is 12.2 Å². The molecule has 0 aromatic rings. The number of piperidine rings is 1. The second-order valence-electron chi connectivity index (χ2n) is 5.46. The maximum atomic E-state index is 12.3. The number of rotatable bonds is 2. The minimum Gasteiger partial charge on any atom is -0.343 e. The maximum Gasteiger partial charge on any atom is 0.225 e. The number of hydrogen-bond donors (Lipinski definition) is 1. The van der Waals surface area contributed by atoms with Crippen molar-refractivity contribution in [3.63, 3.8) is 0 Å². The molecule has 1 saturated carbocycles. The molecule has 1 amide bonds. The van der Waals surface area contributed by atoms with Crippen LogP contribution in [-0.4, -0.2) is 36.5 Å². The van der Waals surface area contributed by atoms with Gasteiger partial charge >= 0.3 is 0 Å². The van der Waals surface area contributed by atoms with Crippen LogP contribution in [0.1, 0.15) is 45.4 Å². The second kappa shape index (κ2) is 6.60. The zero-order chi connectivity index (χ0) is 11.5. The first-order valence-electron chi connectivity index (χ1n) is 6.68. The van der Waals surface area contributed by atoms with Crippen LogP contribution in [-0.2, 0) is 4.79 Å². The molecular formula is C13H25ClN2O. The van der Waals surface area contributed by atoms with Crippen molar-refractivity contribution >= 4 is 18.3 Å². The summed E-state index contributed by atoms with van der Waals surface area (Å²) in [6, 6.07) is 1.03. The molecular weight excluding hydrogens is 236 g/mol. The highest BCUT2D eigenvalue weighted by atomic mass is 35.5. The Bertz CT molecular complexity index is 250. The molecule has 1 saturated heterocycles. The van der Waals surface area contributed by atoms with Crippen molar-refractivity contribution in [3.05, 3.63) is 0 Å². The van der Waals surface area contributed by atoms with E-state index in [0.29, 0.717) is 18.0 Å². The molecule has 3 nitrogen and oxygen atoms in total. The largest absolute Gasteiger partial charge is 0.343 e. The lowest BCUT2D eigenvalue weighted by atomic mass is 9.91. The maximum absolute atomic E-state index is 12.3. The van der Waals surface area contributed by atoms with Crippen molar-refractivity contribution in [1.82, 2.24) is 10.2 Å². The minimum atomic E-state index is 0. The predicted molar refractivity (Wildman–Crippen MR) is 72.5 cm³/mol. The zero-order valence-corrected chi connectivity index (χ0v) is 11.8. The van der Waals surface area contributed by atoms with Crippen molar-refractivity contribution in [1.29, 1.82) is 0 Å². The summed E-state index contributed by atoms with van der Waals surface area (Å²) in [4.78, 5) is 14.4. The minimum absolute atomic E-state index is 0. The number of nitrogens with zero attached hydrogens (tertiary/aromatic N) is 1. The first-order valence-corrected chi connectivity index (χ1v) is 6.68. The smallest absolute Gasteiger partial charge is 0.225 e. The van der Waals surface area contributed by atoms with E-state index in [-0.39, 0.29) is 18.3 Å². The van der Waals surface area contributed by atoms with E-state index < -0.39 is 0 Å². The molecule has 4 heteroatoms. The van der Waals surface area contributed by atoms with Gasteiger partial charge in [0.15, 0.2) is 0 Å². The van der Waals surface area contributed by atoms with Crippen LogP contribution in [0.4, 0.5) is 0 Å². The van der Waals surface area contributed by atoms with Gasteiger partial charge in [0, 0.05) is 25.0 Å². The molecule has 1 heterocycles. The highest BCUT2D eigenvalue weighted by Gasteiger charge is 2.31. The molecule has 0 aromatic carbocycles. The van der Waals surface area contributed by atoms with Crippen molar-refractivity contribution in [2.24, 2.45) is 5.92 Å². The molecule has 2 fully saturated rings. The summed E-state index contributed by atoms with van der Waals surface area (Å²) in [5, 5.41) is 3.40. The van der Waals surface area contributed by atoms with Crippen LogP contribution in [0, 0.1) is 5.92 Å². The zero-order valence-electron chi connectivity index (χ0n) is 10.9. The molecule has 2 aliphatic rings. The predicted octanol–water partition coefficient (Wildman–Crippen LogP) is 2.20. The van der Waals surface area contributed by atoms with Crippen molar-refractivity contribution in [2.75, 3.05) is 13.6 Å². The number of amides is 1. The number of carbonyl (C=O) groups is 1. The van der Waals surface area contributed by atoms with Gasteiger partial charge in [-0.05, 0) is 39.2 Å². The average Bonchev–Trinajstić information content (AvgIpc) is 2.80. The Labute approximate surface area is 111 Å². The number of nitrogens with one attached hydrogen (secondary N) is 1. The fraction of sp³-hybridized carbons (Fsp3) is 0.923. The van der Waals surface area contributed by atoms with Gasteiger partial charge in [0.25, 0.3) is 0 Å². The van der Waals surface area contributed by atoms with Crippen molar-refractivity contribution in [2.45, 2.75) is 57.5 Å². The van der Waals surface area contributed by atoms with Gasteiger partial charge in [-0.25, -0.2) is 0 Å². The molecule has 2 atom stereocenters. The first kappa shape index (κ1) is 14.8. The molecule has 1 aliphatic heterocycles. The van der Waals surface area contributed by atoms with E-state index in [4.69, 9.17) is 0 Å². The number of halogens is 1. The normalized spacial score (nSPS) is 29.8. The van der Waals surface area contributed by atoms with E-state index in [9.17, 15) is 4.79 Å². The Morgan fingerprint density at radius 2 is 1.88 bits per heavy atom. The van der Waals surface area contributed by atoms with Crippen LogP contribution in [0.3, 0.4) is 0 Å². The molecule has 17 heavy (non-hydrogen) atoms. The average molecular weight is 261 g/mol. The second-order valence-corrected chi connectivity index (χ2v) is 5.46. The van der Waals surface area contributed by atoms with Crippen LogP contribution >= 0.6 is 12.4 Å². The van der Waals surface area contributed by atoms with Crippen molar-refractivity contribution in [3.8, 4) is 0 Å². The quantitative estimate of drug-likeness (QED) is 0.826. The summed E-state index contributed by atoms with van der Waals surface area (Å²) < 4.78 is 0. The van der Waals surface area contributed by atoms with Crippen LogP contribution < -0.4 is 5.32 Å². The fourth-order valence-corrected chi connectivity index (χ4v) is 3.12. The number of hydrogen-bond acceptors (Lipinski definition) is 2. The van der Waals surface area contributed by atoms with E-state index in [1.165, 1.54) is 25.7 Å². The van der Waals surface area contributed by atoms with E-state index in [1.807, 2.05) is 11.9 Å². The van der Waals surface area contributed by atoms with Crippen molar-refractivity contribution < 1.29 is 4.79 Å². The molecule has 0 radical (unpaired) electrons. The Morgan fingerprint density at radius 1 is 1.24 bits per heavy atom. The summed E-state index contributed by atoms with van der Waals surface area (Å²) in [6.45, 7) is 3.17. The van der Waals surface area contributed by atoms with E-state index in [0.717, 1.165) is 19.4 Å². The highest BCUT2D eigenvalue weighted by molar-refractivity contribution is 5.85. The molecule has 1 N–H and O–H groups in total. The van der Waals surface area contributed by atoms with Crippen LogP contribution in [0.25, 0.3) is 0 Å². The van der Waals surface area contributed by atoms with Gasteiger partial charge in [0.1, 0.15) is 0 Å². The van der Waals surface area contributed by atoms with Gasteiger partial charge in [0.05, 0.1) is 0 Å². The first-order chi connectivity index (χ1) is 7.68. The van der Waals surface area contributed by atoms with Gasteiger partial charge < -0.3 is 10.2 Å². The lowest BCUT2D eigenvalue weighted by molar-refractivity contribution is -0.137. The third-order valence-corrected chi connectivity index (χ3v) is 4.19. The summed E-state index contributed by atoms with van der Waals surface area (Å²) in [5.41, 5.74) is 0. The highest BCUT2D eigenvalue weighted by Crippen LogP contribution is 2.26. The summed E-state index contributed by atoms with van der Waals surface area (Å²) >= 11 is 0. The van der Waals surface area contributed by atoms with Gasteiger partial charge in [0.2, 0.25) is 5.91 Å². The Balaban J connectivity index is 0.00000144. The van der Waals surface area contributed by atoms with Gasteiger partial charge in [-0.2, -0.15) is 0 Å². The fourth-order valence-electron chi connectivity index (χ4n) is 3.12. The Hall–Kier alpha value is -0.280. The standard InChI is InChI=1S/C13H24N2O.ClH/c1-10-9-11(7-8-14-10)13(16)15(2)12-5-3-4-6-12;/h10-12,14H,3-9H2,1-2H3;1H/t10-,11-;/m0./s1. The lowest BCUT2D eigenvalue weighted by Crippen LogP contribution is -2.45.